The Balaban J connectivity index is 2.16. The van der Waals surface area contributed by atoms with Crippen molar-refractivity contribution in [1.29, 1.82) is 0 Å². The summed E-state index contributed by atoms with van der Waals surface area (Å²) in [7, 11) is 0. The number of aromatic nitrogens is 2. The zero-order valence-electron chi connectivity index (χ0n) is 10.1. The van der Waals surface area contributed by atoms with E-state index < -0.39 is 0 Å². The number of rotatable bonds is 4. The standard InChI is InChI=1S/C13H15BrClN3/c1-2-18-8-9(7-17-18)5-13(16)11-6-10(14)3-4-12(11)15/h3-4,6-8,13H,2,5,16H2,1H3. The molecule has 18 heavy (non-hydrogen) atoms. The molecule has 96 valence electrons. The summed E-state index contributed by atoms with van der Waals surface area (Å²) in [6.45, 7) is 2.93. The van der Waals surface area contributed by atoms with Gasteiger partial charge >= 0.3 is 0 Å². The molecule has 2 rings (SSSR count). The summed E-state index contributed by atoms with van der Waals surface area (Å²) in [4.78, 5) is 0. The molecule has 0 spiro atoms. The van der Waals surface area contributed by atoms with Crippen molar-refractivity contribution in [2.24, 2.45) is 5.73 Å². The first-order valence-corrected chi connectivity index (χ1v) is 6.99. The average molecular weight is 329 g/mol. The Morgan fingerprint density at radius 1 is 1.50 bits per heavy atom. The molecule has 0 aliphatic heterocycles. The first-order chi connectivity index (χ1) is 8.60. The normalized spacial score (nSPS) is 12.7. The van der Waals surface area contributed by atoms with Crippen molar-refractivity contribution >= 4 is 27.5 Å². The Hall–Kier alpha value is -0.840. The average Bonchev–Trinajstić information content (AvgIpc) is 2.80. The maximum atomic E-state index is 6.21. The highest BCUT2D eigenvalue weighted by atomic mass is 79.9. The van der Waals surface area contributed by atoms with Crippen LogP contribution >= 0.6 is 27.5 Å². The van der Waals surface area contributed by atoms with Crippen LogP contribution in [0.15, 0.2) is 35.1 Å². The van der Waals surface area contributed by atoms with E-state index in [1.54, 1.807) is 0 Å². The molecule has 0 bridgehead atoms. The molecule has 1 heterocycles. The van der Waals surface area contributed by atoms with E-state index in [-0.39, 0.29) is 6.04 Å². The lowest BCUT2D eigenvalue weighted by Crippen LogP contribution is -2.13. The molecule has 1 unspecified atom stereocenters. The van der Waals surface area contributed by atoms with Crippen molar-refractivity contribution in [2.75, 3.05) is 0 Å². The summed E-state index contributed by atoms with van der Waals surface area (Å²) in [5.74, 6) is 0. The van der Waals surface area contributed by atoms with Gasteiger partial charge in [-0.15, -0.1) is 0 Å². The zero-order valence-corrected chi connectivity index (χ0v) is 12.4. The molecule has 0 fully saturated rings. The van der Waals surface area contributed by atoms with Crippen LogP contribution in [0.2, 0.25) is 5.02 Å². The van der Waals surface area contributed by atoms with Crippen LogP contribution in [-0.2, 0) is 13.0 Å². The highest BCUT2D eigenvalue weighted by Gasteiger charge is 2.12. The maximum absolute atomic E-state index is 6.21. The molecular weight excluding hydrogens is 314 g/mol. The Morgan fingerprint density at radius 3 is 2.94 bits per heavy atom. The van der Waals surface area contributed by atoms with Crippen molar-refractivity contribution in [2.45, 2.75) is 25.9 Å². The van der Waals surface area contributed by atoms with Gasteiger partial charge in [-0.2, -0.15) is 5.10 Å². The number of aryl methyl sites for hydroxylation is 1. The summed E-state index contributed by atoms with van der Waals surface area (Å²) >= 11 is 9.60. The highest BCUT2D eigenvalue weighted by Crippen LogP contribution is 2.27. The van der Waals surface area contributed by atoms with Crippen LogP contribution in [0.3, 0.4) is 0 Å². The van der Waals surface area contributed by atoms with Crippen LogP contribution in [0.25, 0.3) is 0 Å². The zero-order chi connectivity index (χ0) is 13.1. The van der Waals surface area contributed by atoms with E-state index in [1.165, 1.54) is 0 Å². The summed E-state index contributed by atoms with van der Waals surface area (Å²) in [6.07, 6.45) is 4.61. The lowest BCUT2D eigenvalue weighted by atomic mass is 10.0. The molecule has 0 saturated heterocycles. The number of halogens is 2. The molecule has 5 heteroatoms. The van der Waals surface area contributed by atoms with E-state index in [9.17, 15) is 0 Å². The minimum Gasteiger partial charge on any atom is -0.324 e. The number of nitrogens with zero attached hydrogens (tertiary/aromatic N) is 2. The largest absolute Gasteiger partial charge is 0.324 e. The number of hydrogen-bond acceptors (Lipinski definition) is 2. The van der Waals surface area contributed by atoms with Gasteiger partial charge in [0, 0.05) is 28.3 Å². The third kappa shape index (κ3) is 3.13. The summed E-state index contributed by atoms with van der Waals surface area (Å²) in [6, 6.07) is 5.62. The molecule has 2 aromatic rings. The molecule has 0 aliphatic carbocycles. The lowest BCUT2D eigenvalue weighted by molar-refractivity contribution is 0.657. The smallest absolute Gasteiger partial charge is 0.0522 e. The minimum atomic E-state index is -0.121. The van der Waals surface area contributed by atoms with Crippen LogP contribution in [0.4, 0.5) is 0 Å². The quantitative estimate of drug-likeness (QED) is 0.932. The van der Waals surface area contributed by atoms with E-state index >= 15 is 0 Å². The van der Waals surface area contributed by atoms with E-state index in [1.807, 2.05) is 35.3 Å². The van der Waals surface area contributed by atoms with Crippen molar-refractivity contribution in [3.8, 4) is 0 Å². The van der Waals surface area contributed by atoms with Crippen LogP contribution in [-0.4, -0.2) is 9.78 Å². The summed E-state index contributed by atoms with van der Waals surface area (Å²) in [5, 5.41) is 4.94. The Kier molecular flexibility index (Phi) is 4.43. The number of hydrogen-bond donors (Lipinski definition) is 1. The molecule has 3 nitrogen and oxygen atoms in total. The number of benzene rings is 1. The number of nitrogens with two attached hydrogens (primary N) is 1. The van der Waals surface area contributed by atoms with Gasteiger partial charge in [0.2, 0.25) is 0 Å². The molecule has 1 aromatic heterocycles. The van der Waals surface area contributed by atoms with E-state index in [0.717, 1.165) is 28.6 Å². The van der Waals surface area contributed by atoms with Crippen LogP contribution in [0, 0.1) is 0 Å². The van der Waals surface area contributed by atoms with Gasteiger partial charge in [-0.1, -0.05) is 27.5 Å². The molecule has 0 amide bonds. The second-order valence-electron chi connectivity index (χ2n) is 4.18. The molecule has 0 saturated carbocycles. The molecule has 0 aliphatic rings. The van der Waals surface area contributed by atoms with Crippen molar-refractivity contribution in [1.82, 2.24) is 9.78 Å². The Morgan fingerprint density at radius 2 is 2.28 bits per heavy atom. The van der Waals surface area contributed by atoms with Crippen molar-refractivity contribution in [3.05, 3.63) is 51.2 Å². The second kappa shape index (κ2) is 5.87. The van der Waals surface area contributed by atoms with Gasteiger partial charge in [-0.05, 0) is 42.7 Å². The maximum Gasteiger partial charge on any atom is 0.0522 e. The van der Waals surface area contributed by atoms with Crippen LogP contribution in [0.1, 0.15) is 24.1 Å². The summed E-state index contributed by atoms with van der Waals surface area (Å²) < 4.78 is 2.88. The third-order valence-electron chi connectivity index (χ3n) is 2.82. The van der Waals surface area contributed by atoms with Crippen molar-refractivity contribution < 1.29 is 0 Å². The predicted molar refractivity (Wildman–Crippen MR) is 77.7 cm³/mol. The minimum absolute atomic E-state index is 0.121. The Bertz CT molecular complexity index is 539. The van der Waals surface area contributed by atoms with Crippen LogP contribution < -0.4 is 5.73 Å². The molecule has 1 atom stereocenters. The Labute approximate surface area is 120 Å². The first kappa shape index (κ1) is 13.6. The molecule has 1 aromatic carbocycles. The molecular formula is C13H15BrClN3. The van der Waals surface area contributed by atoms with E-state index in [4.69, 9.17) is 17.3 Å². The molecule has 0 radical (unpaired) electrons. The first-order valence-electron chi connectivity index (χ1n) is 5.82. The van der Waals surface area contributed by atoms with Crippen LogP contribution in [0.5, 0.6) is 0 Å². The summed E-state index contributed by atoms with van der Waals surface area (Å²) in [5.41, 5.74) is 8.28. The predicted octanol–water partition coefficient (Wildman–Crippen LogP) is 3.56. The third-order valence-corrected chi connectivity index (χ3v) is 3.66. The van der Waals surface area contributed by atoms with Gasteiger partial charge in [-0.3, -0.25) is 4.68 Å². The van der Waals surface area contributed by atoms with Gasteiger partial charge in [0.15, 0.2) is 0 Å². The fraction of sp³-hybridized carbons (Fsp3) is 0.308. The van der Waals surface area contributed by atoms with Gasteiger partial charge < -0.3 is 5.73 Å². The van der Waals surface area contributed by atoms with Gasteiger partial charge in [0.05, 0.1) is 6.20 Å². The van der Waals surface area contributed by atoms with E-state index in [2.05, 4.69) is 28.0 Å². The topological polar surface area (TPSA) is 43.8 Å². The SMILES string of the molecule is CCn1cc(CC(N)c2cc(Br)ccc2Cl)cn1. The van der Waals surface area contributed by atoms with Gasteiger partial charge in [0.25, 0.3) is 0 Å². The van der Waals surface area contributed by atoms with Gasteiger partial charge in [0.1, 0.15) is 0 Å². The van der Waals surface area contributed by atoms with Gasteiger partial charge in [-0.25, -0.2) is 0 Å². The second-order valence-corrected chi connectivity index (χ2v) is 5.50. The fourth-order valence-corrected chi connectivity index (χ4v) is 2.48. The monoisotopic (exact) mass is 327 g/mol. The lowest BCUT2D eigenvalue weighted by Gasteiger charge is -2.13. The van der Waals surface area contributed by atoms with Crippen molar-refractivity contribution in [3.63, 3.8) is 0 Å². The molecule has 2 N–H and O–H groups in total. The fourth-order valence-electron chi connectivity index (χ4n) is 1.85. The highest BCUT2D eigenvalue weighted by molar-refractivity contribution is 9.10. The van der Waals surface area contributed by atoms with E-state index in [0.29, 0.717) is 5.02 Å².